The first-order valence-electron chi connectivity index (χ1n) is 10.7. The fraction of sp³-hybridized carbons (Fsp3) is 0.0800. The van der Waals surface area contributed by atoms with Crippen molar-refractivity contribution in [2.45, 2.75) is 13.5 Å². The van der Waals surface area contributed by atoms with Crippen molar-refractivity contribution >= 4 is 17.2 Å². The molecule has 3 aromatic heterocycles. The molecule has 1 amide bonds. The van der Waals surface area contributed by atoms with E-state index in [1.54, 1.807) is 61.7 Å². The molecule has 0 aliphatic carbocycles. The number of aromatic nitrogens is 5. The zero-order valence-corrected chi connectivity index (χ0v) is 18.6. The van der Waals surface area contributed by atoms with Crippen molar-refractivity contribution in [1.82, 2.24) is 24.0 Å². The summed E-state index contributed by atoms with van der Waals surface area (Å²) in [6.07, 6.45) is 1.64. The number of hydrogen-bond donors (Lipinski definition) is 1. The predicted molar refractivity (Wildman–Crippen MR) is 127 cm³/mol. The van der Waals surface area contributed by atoms with Gasteiger partial charge in [-0.15, -0.1) is 5.10 Å². The molecular formula is C25H19FN6O3. The Morgan fingerprint density at radius 2 is 1.77 bits per heavy atom. The van der Waals surface area contributed by atoms with Crippen LogP contribution < -0.4 is 16.4 Å². The zero-order chi connectivity index (χ0) is 24.5. The minimum absolute atomic E-state index is 0.124. The fourth-order valence-corrected chi connectivity index (χ4v) is 3.75. The van der Waals surface area contributed by atoms with Gasteiger partial charge in [-0.05, 0) is 48.9 Å². The number of pyridine rings is 1. The highest BCUT2D eigenvalue weighted by Gasteiger charge is 2.17. The highest BCUT2D eigenvalue weighted by atomic mass is 19.1. The second-order valence-electron chi connectivity index (χ2n) is 7.89. The van der Waals surface area contributed by atoms with Crippen LogP contribution >= 0.6 is 0 Å². The molecule has 0 unspecified atom stereocenters. The van der Waals surface area contributed by atoms with Crippen molar-refractivity contribution in [2.24, 2.45) is 0 Å². The molecule has 5 aromatic rings. The first-order chi connectivity index (χ1) is 16.9. The van der Waals surface area contributed by atoms with Gasteiger partial charge in [0, 0.05) is 23.6 Å². The maximum Gasteiger partial charge on any atom is 0.350 e. The molecule has 10 heteroatoms. The molecule has 0 radical (unpaired) electrons. The minimum atomic E-state index is -0.734. The number of nitrogens with zero attached hydrogens (tertiary/aromatic N) is 5. The summed E-state index contributed by atoms with van der Waals surface area (Å²) in [5, 5.41) is 11.1. The molecule has 0 atom stereocenters. The first-order valence-corrected chi connectivity index (χ1v) is 10.7. The van der Waals surface area contributed by atoms with Gasteiger partial charge in [0.15, 0.2) is 11.3 Å². The molecule has 9 nitrogen and oxygen atoms in total. The van der Waals surface area contributed by atoms with E-state index >= 15 is 0 Å². The fourth-order valence-electron chi connectivity index (χ4n) is 3.75. The number of aryl methyl sites for hydroxylation is 1. The van der Waals surface area contributed by atoms with Gasteiger partial charge in [-0.2, -0.15) is 5.10 Å². The smallest absolute Gasteiger partial charge is 0.320 e. The van der Waals surface area contributed by atoms with E-state index < -0.39 is 17.2 Å². The van der Waals surface area contributed by atoms with Crippen molar-refractivity contribution in [3.05, 3.63) is 122 Å². The second-order valence-corrected chi connectivity index (χ2v) is 7.89. The number of anilines is 1. The molecule has 0 spiro atoms. The number of rotatable bonds is 5. The van der Waals surface area contributed by atoms with Gasteiger partial charge in [-0.1, -0.05) is 30.3 Å². The topological polar surface area (TPSA) is 103 Å². The van der Waals surface area contributed by atoms with Gasteiger partial charge in [0.1, 0.15) is 11.5 Å². The molecule has 0 aliphatic heterocycles. The van der Waals surface area contributed by atoms with Crippen molar-refractivity contribution < 1.29 is 9.18 Å². The van der Waals surface area contributed by atoms with Crippen LogP contribution in [0.5, 0.6) is 0 Å². The molecule has 0 fully saturated rings. The number of carbonyl (C=O) groups excluding carboxylic acids is 1. The molecule has 2 aromatic carbocycles. The summed E-state index contributed by atoms with van der Waals surface area (Å²) in [7, 11) is 0. The Kier molecular flexibility index (Phi) is 5.54. The molecule has 35 heavy (non-hydrogen) atoms. The third-order valence-corrected chi connectivity index (χ3v) is 5.41. The molecule has 3 heterocycles. The van der Waals surface area contributed by atoms with E-state index in [2.05, 4.69) is 15.5 Å². The lowest BCUT2D eigenvalue weighted by atomic mass is 10.2. The van der Waals surface area contributed by atoms with Crippen LogP contribution in [0.4, 0.5) is 10.1 Å². The van der Waals surface area contributed by atoms with E-state index in [0.29, 0.717) is 22.6 Å². The Balaban J connectivity index is 1.42. The Labute approximate surface area is 197 Å². The molecule has 0 saturated carbocycles. The predicted octanol–water partition coefficient (Wildman–Crippen LogP) is 2.79. The van der Waals surface area contributed by atoms with E-state index in [1.165, 1.54) is 38.0 Å². The number of hydrogen-bond acceptors (Lipinski definition) is 5. The Bertz CT molecular complexity index is 1700. The molecule has 5 rings (SSSR count). The van der Waals surface area contributed by atoms with Gasteiger partial charge >= 0.3 is 5.69 Å². The first kappa shape index (κ1) is 22.0. The number of benzene rings is 2. The van der Waals surface area contributed by atoms with Crippen molar-refractivity contribution in [2.75, 3.05) is 5.32 Å². The maximum absolute atomic E-state index is 14.3. The average molecular weight is 470 g/mol. The van der Waals surface area contributed by atoms with E-state index in [0.717, 1.165) is 0 Å². The normalized spacial score (nSPS) is 11.0. The van der Waals surface area contributed by atoms with Gasteiger partial charge in [0.2, 0.25) is 5.43 Å². The lowest BCUT2D eigenvalue weighted by molar-refractivity contribution is 0.101. The number of amides is 1. The van der Waals surface area contributed by atoms with Crippen molar-refractivity contribution in [3.8, 4) is 5.69 Å². The minimum Gasteiger partial charge on any atom is -0.320 e. The van der Waals surface area contributed by atoms with Crippen LogP contribution in [0.1, 0.15) is 21.7 Å². The highest BCUT2D eigenvalue weighted by molar-refractivity contribution is 6.02. The molecule has 174 valence electrons. The van der Waals surface area contributed by atoms with Crippen LogP contribution in [0.3, 0.4) is 0 Å². The number of para-hydroxylation sites is 1. The zero-order valence-electron chi connectivity index (χ0n) is 18.6. The quantitative estimate of drug-likeness (QED) is 0.426. The van der Waals surface area contributed by atoms with Crippen molar-refractivity contribution in [1.29, 1.82) is 0 Å². The summed E-state index contributed by atoms with van der Waals surface area (Å²) in [6.45, 7) is 1.79. The number of fused-ring (bicyclic) bond motifs is 1. The van der Waals surface area contributed by atoms with Crippen molar-refractivity contribution in [3.63, 3.8) is 0 Å². The number of carbonyl (C=O) groups is 1. The van der Waals surface area contributed by atoms with Gasteiger partial charge in [0.25, 0.3) is 5.91 Å². The van der Waals surface area contributed by atoms with Gasteiger partial charge in [-0.25, -0.2) is 18.5 Å². The van der Waals surface area contributed by atoms with Crippen LogP contribution in [0, 0.1) is 12.7 Å². The maximum atomic E-state index is 14.3. The second kappa shape index (κ2) is 8.82. The summed E-state index contributed by atoms with van der Waals surface area (Å²) in [5.41, 5.74) is 0.917. The van der Waals surface area contributed by atoms with Crippen LogP contribution in [0.2, 0.25) is 0 Å². The summed E-state index contributed by atoms with van der Waals surface area (Å²) >= 11 is 0. The van der Waals surface area contributed by atoms with E-state index in [1.807, 2.05) is 0 Å². The van der Waals surface area contributed by atoms with E-state index in [-0.39, 0.29) is 23.6 Å². The van der Waals surface area contributed by atoms with E-state index in [4.69, 9.17) is 0 Å². The Morgan fingerprint density at radius 3 is 2.57 bits per heavy atom. The van der Waals surface area contributed by atoms with Crippen LogP contribution in [-0.4, -0.2) is 29.9 Å². The van der Waals surface area contributed by atoms with Gasteiger partial charge in [-0.3, -0.25) is 14.0 Å². The number of nitrogens with one attached hydrogen (secondary N) is 1. The molecule has 0 bridgehead atoms. The van der Waals surface area contributed by atoms with E-state index in [9.17, 15) is 18.8 Å². The SMILES string of the molecule is Cc1cc(=O)c(C(=O)Nc2cccc(Cn3nc4ccccn4c3=O)c2)nn1-c1ccccc1F. The summed E-state index contributed by atoms with van der Waals surface area (Å²) < 4.78 is 18.3. The molecular weight excluding hydrogens is 451 g/mol. The Hall–Kier alpha value is -4.86. The third kappa shape index (κ3) is 4.24. The average Bonchev–Trinajstić information content (AvgIpc) is 3.15. The Morgan fingerprint density at radius 1 is 0.971 bits per heavy atom. The standard InChI is InChI=1S/C25H19FN6O3/c1-16-13-21(33)23(29-32(16)20-10-3-2-9-19(20)26)24(34)27-18-8-6-7-17(14-18)15-31-25(35)30-12-5-4-11-22(30)28-31/h2-14H,15H2,1H3,(H,27,34). The molecule has 0 saturated heterocycles. The highest BCUT2D eigenvalue weighted by Crippen LogP contribution is 2.15. The number of halogens is 1. The lowest BCUT2D eigenvalue weighted by Gasteiger charge is -2.12. The van der Waals surface area contributed by atoms with Gasteiger partial charge in [0.05, 0.1) is 6.54 Å². The van der Waals surface area contributed by atoms with Gasteiger partial charge < -0.3 is 5.32 Å². The summed E-state index contributed by atoms with van der Waals surface area (Å²) in [4.78, 5) is 37.9. The summed E-state index contributed by atoms with van der Waals surface area (Å²) in [6, 6.07) is 19.3. The molecule has 0 aliphatic rings. The monoisotopic (exact) mass is 470 g/mol. The van der Waals surface area contributed by atoms with Crippen LogP contribution in [0.15, 0.2) is 88.6 Å². The van der Waals surface area contributed by atoms with Crippen LogP contribution in [0.25, 0.3) is 11.3 Å². The summed E-state index contributed by atoms with van der Waals surface area (Å²) in [5.74, 6) is -1.27. The molecule has 1 N–H and O–H groups in total. The largest absolute Gasteiger partial charge is 0.350 e. The third-order valence-electron chi connectivity index (χ3n) is 5.41. The van der Waals surface area contributed by atoms with Crippen LogP contribution in [-0.2, 0) is 6.54 Å². The lowest BCUT2D eigenvalue weighted by Crippen LogP contribution is -2.27.